The third kappa shape index (κ3) is 14.4. The number of nitrogens with zero attached hydrogens (tertiary/aromatic N) is 2. The van der Waals surface area contributed by atoms with E-state index in [9.17, 15) is 9.59 Å². The molecule has 284 valence electrons. The number of halogens is 2. The van der Waals surface area contributed by atoms with Gasteiger partial charge in [-0.05, 0) is 72.5 Å². The third-order valence-corrected chi connectivity index (χ3v) is 9.42. The molecule has 4 rings (SSSR count). The maximum Gasteiger partial charge on any atom is 0.234 e. The zero-order chi connectivity index (χ0) is 37.0. The molecule has 1 atom stereocenters. The van der Waals surface area contributed by atoms with E-state index in [4.69, 9.17) is 46.9 Å². The van der Waals surface area contributed by atoms with Gasteiger partial charge < -0.3 is 38.8 Å². The van der Waals surface area contributed by atoms with Gasteiger partial charge in [0.15, 0.2) is 0 Å². The van der Waals surface area contributed by atoms with Crippen molar-refractivity contribution in [2.45, 2.75) is 31.2 Å². The van der Waals surface area contributed by atoms with E-state index in [0.717, 1.165) is 48.2 Å². The van der Waals surface area contributed by atoms with Crippen molar-refractivity contribution >= 4 is 35.0 Å². The Balaban J connectivity index is 1.29. The first-order valence-corrected chi connectivity index (χ1v) is 18.8. The predicted octanol–water partition coefficient (Wildman–Crippen LogP) is 5.79. The average Bonchev–Trinajstić information content (AvgIpc) is 3.67. The molecule has 1 fully saturated rings. The molecular formula is C40H53Cl2N3O7. The van der Waals surface area contributed by atoms with Gasteiger partial charge in [0.25, 0.3) is 0 Å². The van der Waals surface area contributed by atoms with Crippen LogP contribution in [0.2, 0.25) is 10.0 Å². The number of hydrogen-bond acceptors (Lipinski definition) is 8. The summed E-state index contributed by atoms with van der Waals surface area (Å²) in [5.41, 5.74) is 3.58. The Kier molecular flexibility index (Phi) is 18.9. The zero-order valence-corrected chi connectivity index (χ0v) is 31.9. The Morgan fingerprint density at radius 1 is 0.731 bits per heavy atom. The standard InChI is InChI=1S/C40H53Cl2N3O7/c1-44(40(47)39(32-8-12-35(41)13-9-32)33-10-14-36(42)15-11-33)37(30-45-17-3-4-18-45)34-7-5-6-31(28-34)29-38(46)43-16-19-49-22-23-51-26-27-52-25-24-50-21-20-48-2/h5-15,28,37,39H,3-4,16-27,29-30H2,1-2H3,(H,43,46)/t37-/m1/s1. The highest BCUT2D eigenvalue weighted by Gasteiger charge is 2.32. The van der Waals surface area contributed by atoms with Gasteiger partial charge in [0.2, 0.25) is 11.8 Å². The summed E-state index contributed by atoms with van der Waals surface area (Å²) in [6.07, 6.45) is 2.50. The molecule has 0 saturated carbocycles. The van der Waals surface area contributed by atoms with E-state index in [1.807, 2.05) is 78.7 Å². The van der Waals surface area contributed by atoms with E-state index in [1.165, 1.54) is 0 Å². The molecule has 1 saturated heterocycles. The topological polar surface area (TPSA) is 98.8 Å². The molecule has 52 heavy (non-hydrogen) atoms. The summed E-state index contributed by atoms with van der Waals surface area (Å²) in [6.45, 7) is 7.49. The van der Waals surface area contributed by atoms with Crippen LogP contribution in [0.5, 0.6) is 0 Å². The fourth-order valence-corrected chi connectivity index (χ4v) is 6.38. The van der Waals surface area contributed by atoms with Crippen LogP contribution in [-0.4, -0.2) is 121 Å². The number of carbonyl (C=O) groups is 2. The Morgan fingerprint density at radius 3 is 1.79 bits per heavy atom. The number of nitrogens with one attached hydrogen (secondary N) is 1. The SMILES string of the molecule is COCCOCCOCCOCCOCCNC(=O)Cc1cccc([C@@H](CN2CCCC2)N(C)C(=O)C(c2ccc(Cl)cc2)c2ccc(Cl)cc2)c1. The molecule has 1 heterocycles. The third-order valence-electron chi connectivity index (χ3n) is 8.92. The summed E-state index contributed by atoms with van der Waals surface area (Å²) in [5.74, 6) is -0.666. The summed E-state index contributed by atoms with van der Waals surface area (Å²) in [4.78, 5) is 31.7. The number of carbonyl (C=O) groups excluding carboxylic acids is 2. The number of hydrogen-bond donors (Lipinski definition) is 1. The molecule has 0 aliphatic carbocycles. The van der Waals surface area contributed by atoms with E-state index in [-0.39, 0.29) is 24.3 Å². The molecule has 3 aromatic rings. The van der Waals surface area contributed by atoms with Crippen LogP contribution in [0.3, 0.4) is 0 Å². The quantitative estimate of drug-likeness (QED) is 0.115. The number of likely N-dealkylation sites (tertiary alicyclic amines) is 1. The van der Waals surface area contributed by atoms with Gasteiger partial charge in [0, 0.05) is 37.3 Å². The first kappa shape index (κ1) is 41.7. The minimum atomic E-state index is -0.542. The summed E-state index contributed by atoms with van der Waals surface area (Å²) in [6, 6.07) is 22.7. The smallest absolute Gasteiger partial charge is 0.234 e. The molecule has 0 bridgehead atoms. The number of amides is 2. The van der Waals surface area contributed by atoms with Gasteiger partial charge in [0.1, 0.15) is 0 Å². The summed E-state index contributed by atoms with van der Waals surface area (Å²) >= 11 is 12.4. The molecule has 0 unspecified atom stereocenters. The molecule has 3 aromatic carbocycles. The Bertz CT molecular complexity index is 1430. The van der Waals surface area contributed by atoms with Crippen molar-refractivity contribution in [3.05, 3.63) is 105 Å². The van der Waals surface area contributed by atoms with Crippen molar-refractivity contribution in [1.82, 2.24) is 15.1 Å². The van der Waals surface area contributed by atoms with E-state index in [1.54, 1.807) is 7.11 Å². The highest BCUT2D eigenvalue weighted by molar-refractivity contribution is 6.30. The second-order valence-electron chi connectivity index (χ2n) is 12.7. The summed E-state index contributed by atoms with van der Waals surface area (Å²) in [7, 11) is 3.52. The molecule has 1 aliphatic rings. The second kappa shape index (κ2) is 23.6. The van der Waals surface area contributed by atoms with E-state index >= 15 is 0 Å². The highest BCUT2D eigenvalue weighted by Crippen LogP contribution is 2.33. The first-order valence-electron chi connectivity index (χ1n) is 18.0. The van der Waals surface area contributed by atoms with E-state index in [2.05, 4.69) is 16.3 Å². The fourth-order valence-electron chi connectivity index (χ4n) is 6.13. The van der Waals surface area contributed by atoms with Gasteiger partial charge in [0.05, 0.1) is 77.8 Å². The largest absolute Gasteiger partial charge is 0.382 e. The van der Waals surface area contributed by atoms with Crippen LogP contribution in [0.1, 0.15) is 47.1 Å². The van der Waals surface area contributed by atoms with E-state index < -0.39 is 5.92 Å². The van der Waals surface area contributed by atoms with Gasteiger partial charge >= 0.3 is 0 Å². The lowest BCUT2D eigenvalue weighted by Crippen LogP contribution is -2.41. The normalized spacial score (nSPS) is 13.8. The molecule has 12 heteroatoms. The van der Waals surface area contributed by atoms with Crippen molar-refractivity contribution in [2.24, 2.45) is 0 Å². The molecule has 0 radical (unpaired) electrons. The molecular weight excluding hydrogens is 705 g/mol. The number of ether oxygens (including phenoxy) is 5. The van der Waals surface area contributed by atoms with Gasteiger partial charge in [-0.25, -0.2) is 0 Å². The molecule has 2 amide bonds. The Labute approximate surface area is 318 Å². The zero-order valence-electron chi connectivity index (χ0n) is 30.4. The van der Waals surface area contributed by atoms with Crippen LogP contribution >= 0.6 is 23.2 Å². The molecule has 0 spiro atoms. The van der Waals surface area contributed by atoms with E-state index in [0.29, 0.717) is 82.6 Å². The molecule has 0 aromatic heterocycles. The van der Waals surface area contributed by atoms with Crippen molar-refractivity contribution in [3.63, 3.8) is 0 Å². The fraction of sp³-hybridized carbons (Fsp3) is 0.500. The lowest BCUT2D eigenvalue weighted by Gasteiger charge is -2.35. The van der Waals surface area contributed by atoms with Crippen LogP contribution in [0, 0.1) is 0 Å². The Morgan fingerprint density at radius 2 is 1.25 bits per heavy atom. The molecule has 1 aliphatic heterocycles. The maximum atomic E-state index is 14.5. The summed E-state index contributed by atoms with van der Waals surface area (Å²) < 4.78 is 26.8. The number of methoxy groups -OCH3 is 1. The molecule has 10 nitrogen and oxygen atoms in total. The van der Waals surface area contributed by atoms with Crippen molar-refractivity contribution in [1.29, 1.82) is 0 Å². The van der Waals surface area contributed by atoms with Crippen molar-refractivity contribution in [3.8, 4) is 0 Å². The number of benzene rings is 3. The maximum absolute atomic E-state index is 14.5. The minimum Gasteiger partial charge on any atom is -0.382 e. The lowest BCUT2D eigenvalue weighted by atomic mass is 9.89. The van der Waals surface area contributed by atoms with Gasteiger partial charge in [-0.1, -0.05) is 71.7 Å². The van der Waals surface area contributed by atoms with Crippen LogP contribution in [0.15, 0.2) is 72.8 Å². The van der Waals surface area contributed by atoms with Gasteiger partial charge in [-0.15, -0.1) is 0 Å². The number of likely N-dealkylation sites (N-methyl/N-ethyl adjacent to an activating group) is 1. The van der Waals surface area contributed by atoms with Crippen molar-refractivity contribution < 1.29 is 33.3 Å². The van der Waals surface area contributed by atoms with Crippen LogP contribution in [-0.2, 0) is 39.7 Å². The lowest BCUT2D eigenvalue weighted by molar-refractivity contribution is -0.133. The molecule has 1 N–H and O–H groups in total. The summed E-state index contributed by atoms with van der Waals surface area (Å²) in [5, 5.41) is 4.17. The van der Waals surface area contributed by atoms with Crippen LogP contribution < -0.4 is 5.32 Å². The highest BCUT2D eigenvalue weighted by atomic mass is 35.5. The second-order valence-corrected chi connectivity index (χ2v) is 13.6. The monoisotopic (exact) mass is 757 g/mol. The minimum absolute atomic E-state index is 0.0322. The van der Waals surface area contributed by atoms with Gasteiger partial charge in [-0.3, -0.25) is 9.59 Å². The number of rotatable bonds is 24. The van der Waals surface area contributed by atoms with Crippen LogP contribution in [0.4, 0.5) is 0 Å². The van der Waals surface area contributed by atoms with Crippen LogP contribution in [0.25, 0.3) is 0 Å². The van der Waals surface area contributed by atoms with Crippen molar-refractivity contribution in [2.75, 3.05) is 99.8 Å². The first-order chi connectivity index (χ1) is 25.4. The average molecular weight is 759 g/mol. The Hall–Kier alpha value is -3.06. The van der Waals surface area contributed by atoms with Gasteiger partial charge in [-0.2, -0.15) is 0 Å². The predicted molar refractivity (Wildman–Crippen MR) is 204 cm³/mol.